The number of carbonyl (C=O) groups is 1. The predicted molar refractivity (Wildman–Crippen MR) is 103 cm³/mol. The van der Waals surface area contributed by atoms with Gasteiger partial charge in [0.05, 0.1) is 6.61 Å². The summed E-state index contributed by atoms with van der Waals surface area (Å²) in [5.74, 6) is 1.09. The van der Waals surface area contributed by atoms with Crippen molar-refractivity contribution in [3.05, 3.63) is 29.8 Å². The fraction of sp³-hybridized carbons (Fsp3) is 0.579. The number of piperazine rings is 1. The maximum Gasteiger partial charge on any atom is 0.435 e. The van der Waals surface area contributed by atoms with Crippen molar-refractivity contribution in [2.45, 2.75) is 33.5 Å². The van der Waals surface area contributed by atoms with Crippen molar-refractivity contribution >= 4 is 11.7 Å². The third-order valence-electron chi connectivity index (χ3n) is 4.67. The van der Waals surface area contributed by atoms with E-state index < -0.39 is 17.8 Å². The van der Waals surface area contributed by atoms with Gasteiger partial charge in [0.1, 0.15) is 17.8 Å². The molecule has 0 spiro atoms. The Bertz CT molecular complexity index is 875. The number of hydrogen-bond acceptors (Lipinski definition) is 6. The summed E-state index contributed by atoms with van der Waals surface area (Å²) in [5.41, 5.74) is -1.11. The first-order valence-electron chi connectivity index (χ1n) is 9.83. The van der Waals surface area contributed by atoms with Crippen molar-refractivity contribution in [1.29, 1.82) is 0 Å². The second-order valence-electron chi connectivity index (χ2n) is 7.43. The summed E-state index contributed by atoms with van der Waals surface area (Å²) in [5, 5.41) is 3.52. The van der Waals surface area contributed by atoms with Crippen LogP contribution in [0.15, 0.2) is 18.5 Å². The minimum atomic E-state index is -4.59. The molecule has 0 unspecified atom stereocenters. The lowest BCUT2D eigenvalue weighted by Crippen LogP contribution is -2.49. The highest BCUT2D eigenvalue weighted by molar-refractivity contribution is 5.93. The number of carbonyl (C=O) groups excluding carboxylic acids is 1. The predicted octanol–water partition coefficient (Wildman–Crippen LogP) is 2.71. The summed E-state index contributed by atoms with van der Waals surface area (Å²) >= 11 is 0. The zero-order valence-electron chi connectivity index (χ0n) is 17.2. The molecule has 3 rings (SSSR count). The summed E-state index contributed by atoms with van der Waals surface area (Å²) in [4.78, 5) is 24.7. The molecule has 1 aliphatic rings. The van der Waals surface area contributed by atoms with Crippen LogP contribution in [0.2, 0.25) is 0 Å². The second kappa shape index (κ2) is 8.88. The van der Waals surface area contributed by atoms with Gasteiger partial charge in [-0.15, -0.1) is 0 Å². The first kappa shape index (κ1) is 21.8. The third kappa shape index (κ3) is 5.00. The van der Waals surface area contributed by atoms with Crippen LogP contribution in [-0.2, 0) is 12.7 Å². The van der Waals surface area contributed by atoms with E-state index in [9.17, 15) is 18.0 Å². The van der Waals surface area contributed by atoms with Crippen LogP contribution in [0.5, 0.6) is 5.88 Å². The van der Waals surface area contributed by atoms with Gasteiger partial charge in [0, 0.05) is 44.9 Å². The van der Waals surface area contributed by atoms with Gasteiger partial charge in [-0.2, -0.15) is 18.3 Å². The molecule has 30 heavy (non-hydrogen) atoms. The van der Waals surface area contributed by atoms with Crippen LogP contribution in [0, 0.1) is 5.92 Å². The Kier molecular flexibility index (Phi) is 6.47. The lowest BCUT2D eigenvalue weighted by atomic mass is 10.2. The molecule has 2 aromatic rings. The molecule has 1 amide bonds. The van der Waals surface area contributed by atoms with Gasteiger partial charge in [-0.3, -0.25) is 9.48 Å². The second-order valence-corrected chi connectivity index (χ2v) is 7.43. The minimum Gasteiger partial charge on any atom is -0.477 e. The van der Waals surface area contributed by atoms with E-state index in [0.29, 0.717) is 50.4 Å². The first-order chi connectivity index (χ1) is 14.2. The quantitative estimate of drug-likeness (QED) is 0.707. The Balaban J connectivity index is 1.65. The Morgan fingerprint density at radius 2 is 1.87 bits per heavy atom. The van der Waals surface area contributed by atoms with Crippen LogP contribution in [0.4, 0.5) is 19.0 Å². The Labute approximate surface area is 172 Å². The third-order valence-corrected chi connectivity index (χ3v) is 4.67. The standard InChI is InChI=1S/C19H25F3N6O2/c1-4-28-14(9-15(25-28)19(20,21)22)18(29)27-7-5-26(6-8-27)16-10-17(24-12-23-16)30-11-13(2)3/h9-10,12-13H,4-8,11H2,1-3H3. The lowest BCUT2D eigenvalue weighted by molar-refractivity contribution is -0.141. The molecule has 0 radical (unpaired) electrons. The molecule has 0 saturated carbocycles. The van der Waals surface area contributed by atoms with Crippen LogP contribution >= 0.6 is 0 Å². The number of nitrogens with zero attached hydrogens (tertiary/aromatic N) is 6. The molecule has 0 aromatic carbocycles. The molecule has 8 nitrogen and oxygen atoms in total. The van der Waals surface area contributed by atoms with Crippen LogP contribution < -0.4 is 9.64 Å². The number of amides is 1. The zero-order chi connectivity index (χ0) is 21.9. The Morgan fingerprint density at radius 1 is 1.17 bits per heavy atom. The summed E-state index contributed by atoms with van der Waals surface area (Å²) in [6.45, 7) is 8.18. The van der Waals surface area contributed by atoms with Crippen LogP contribution in [-0.4, -0.2) is 63.3 Å². The van der Waals surface area contributed by atoms with Crippen molar-refractivity contribution in [2.24, 2.45) is 5.92 Å². The van der Waals surface area contributed by atoms with E-state index in [1.807, 2.05) is 18.7 Å². The number of aromatic nitrogens is 4. The zero-order valence-corrected chi connectivity index (χ0v) is 17.2. The van der Waals surface area contributed by atoms with Gasteiger partial charge >= 0.3 is 6.18 Å². The number of alkyl halides is 3. The summed E-state index contributed by atoms with van der Waals surface area (Å²) < 4.78 is 45.6. The molecule has 1 saturated heterocycles. The lowest BCUT2D eigenvalue weighted by Gasteiger charge is -2.35. The van der Waals surface area contributed by atoms with Gasteiger partial charge < -0.3 is 14.5 Å². The van der Waals surface area contributed by atoms with E-state index >= 15 is 0 Å². The number of rotatable bonds is 6. The average Bonchev–Trinajstić information content (AvgIpc) is 3.17. The van der Waals surface area contributed by atoms with Gasteiger partial charge in [-0.05, 0) is 12.8 Å². The van der Waals surface area contributed by atoms with E-state index in [2.05, 4.69) is 15.1 Å². The highest BCUT2D eigenvalue weighted by Crippen LogP contribution is 2.29. The fourth-order valence-corrected chi connectivity index (χ4v) is 3.10. The number of halogens is 3. The maximum atomic E-state index is 13.0. The molecule has 164 valence electrons. The average molecular weight is 426 g/mol. The van der Waals surface area contributed by atoms with E-state index in [1.54, 1.807) is 13.0 Å². The molecule has 11 heteroatoms. The Morgan fingerprint density at radius 3 is 2.47 bits per heavy atom. The van der Waals surface area contributed by atoms with Gasteiger partial charge in [-0.25, -0.2) is 9.97 Å². The van der Waals surface area contributed by atoms with E-state index in [-0.39, 0.29) is 12.2 Å². The molecule has 3 heterocycles. The molecular weight excluding hydrogens is 401 g/mol. The molecule has 0 N–H and O–H groups in total. The molecule has 0 bridgehead atoms. The van der Waals surface area contributed by atoms with Gasteiger partial charge in [0.25, 0.3) is 5.91 Å². The highest BCUT2D eigenvalue weighted by Gasteiger charge is 2.36. The van der Waals surface area contributed by atoms with E-state index in [1.165, 1.54) is 11.2 Å². The van der Waals surface area contributed by atoms with Crippen LogP contribution in [0.1, 0.15) is 37.0 Å². The Hall–Kier alpha value is -2.85. The summed E-state index contributed by atoms with van der Waals surface area (Å²) in [7, 11) is 0. The minimum absolute atomic E-state index is 0.0512. The number of ether oxygens (including phenoxy) is 1. The van der Waals surface area contributed by atoms with Crippen molar-refractivity contribution in [1.82, 2.24) is 24.6 Å². The summed E-state index contributed by atoms with van der Waals surface area (Å²) in [6.07, 6.45) is -3.16. The largest absolute Gasteiger partial charge is 0.477 e. The van der Waals surface area contributed by atoms with Crippen molar-refractivity contribution < 1.29 is 22.7 Å². The van der Waals surface area contributed by atoms with Crippen molar-refractivity contribution in [3.63, 3.8) is 0 Å². The number of aryl methyl sites for hydroxylation is 1. The molecule has 0 atom stereocenters. The van der Waals surface area contributed by atoms with Gasteiger partial charge in [-0.1, -0.05) is 13.8 Å². The normalized spacial score (nSPS) is 15.0. The van der Waals surface area contributed by atoms with Crippen molar-refractivity contribution in [2.75, 3.05) is 37.7 Å². The van der Waals surface area contributed by atoms with Gasteiger partial charge in [0.2, 0.25) is 5.88 Å². The van der Waals surface area contributed by atoms with E-state index in [4.69, 9.17) is 4.74 Å². The number of hydrogen-bond donors (Lipinski definition) is 0. The number of anilines is 1. The SMILES string of the molecule is CCn1nc(C(F)(F)F)cc1C(=O)N1CCN(c2cc(OCC(C)C)ncn2)CC1. The van der Waals surface area contributed by atoms with Crippen molar-refractivity contribution in [3.8, 4) is 5.88 Å². The van der Waals surface area contributed by atoms with Crippen LogP contribution in [0.25, 0.3) is 0 Å². The molecule has 1 aliphatic heterocycles. The topological polar surface area (TPSA) is 76.4 Å². The molecular formula is C19H25F3N6O2. The maximum absolute atomic E-state index is 13.0. The van der Waals surface area contributed by atoms with Crippen LogP contribution in [0.3, 0.4) is 0 Å². The highest BCUT2D eigenvalue weighted by atomic mass is 19.4. The first-order valence-corrected chi connectivity index (χ1v) is 9.83. The smallest absolute Gasteiger partial charge is 0.435 e. The molecule has 0 aliphatic carbocycles. The fourth-order valence-electron chi connectivity index (χ4n) is 3.10. The summed E-state index contributed by atoms with van der Waals surface area (Å²) in [6, 6.07) is 2.57. The molecule has 1 fully saturated rings. The monoisotopic (exact) mass is 426 g/mol. The van der Waals surface area contributed by atoms with E-state index in [0.717, 1.165) is 10.7 Å². The molecule has 2 aromatic heterocycles. The van der Waals surface area contributed by atoms with Gasteiger partial charge in [0.15, 0.2) is 5.69 Å².